The van der Waals surface area contributed by atoms with Gasteiger partial charge in [0.1, 0.15) is 5.82 Å². The van der Waals surface area contributed by atoms with E-state index < -0.39 is 0 Å². The Kier molecular flexibility index (Phi) is 5.15. The van der Waals surface area contributed by atoms with Crippen LogP contribution >= 0.6 is 0 Å². The molecule has 2 aliphatic heterocycles. The van der Waals surface area contributed by atoms with Gasteiger partial charge in [0.15, 0.2) is 17.3 Å². The number of fused-ring (bicyclic) bond motifs is 2. The lowest BCUT2D eigenvalue weighted by Gasteiger charge is -2.43. The predicted molar refractivity (Wildman–Crippen MR) is 141 cm³/mol. The largest absolute Gasteiger partial charge is 0.384 e. The SMILES string of the molecule is Cc1ccc2c(c1)[C@@H](N)C1(CCN(c3nc(N)c(C(=O)N4CCc5nc(N)ccc54)nc3C)CC1)C2. The summed E-state index contributed by atoms with van der Waals surface area (Å²) in [5.41, 5.74) is 25.4. The normalized spacial score (nSPS) is 20.0. The molecule has 0 bridgehead atoms. The molecule has 3 aromatic rings. The van der Waals surface area contributed by atoms with E-state index in [4.69, 9.17) is 17.2 Å². The minimum Gasteiger partial charge on any atom is -0.384 e. The van der Waals surface area contributed by atoms with Crippen LogP contribution in [0.3, 0.4) is 0 Å². The molecular weight excluding hydrogens is 452 g/mol. The summed E-state index contributed by atoms with van der Waals surface area (Å²) in [5.74, 6) is 1.08. The monoisotopic (exact) mass is 484 g/mol. The lowest BCUT2D eigenvalue weighted by atomic mass is 9.73. The number of anilines is 4. The molecule has 0 radical (unpaired) electrons. The number of aromatic nitrogens is 3. The summed E-state index contributed by atoms with van der Waals surface area (Å²) in [4.78, 5) is 30.9. The maximum atomic E-state index is 13.3. The molecule has 0 saturated carbocycles. The number of aryl methyl sites for hydroxylation is 2. The van der Waals surface area contributed by atoms with Crippen molar-refractivity contribution in [2.24, 2.45) is 11.1 Å². The molecule has 1 aliphatic carbocycles. The van der Waals surface area contributed by atoms with E-state index in [2.05, 4.69) is 45.0 Å². The molecule has 1 atom stereocenters. The summed E-state index contributed by atoms with van der Waals surface area (Å²) in [7, 11) is 0. The van der Waals surface area contributed by atoms with Crippen molar-refractivity contribution in [3.8, 4) is 0 Å². The summed E-state index contributed by atoms with van der Waals surface area (Å²) < 4.78 is 0. The number of pyridine rings is 1. The van der Waals surface area contributed by atoms with Gasteiger partial charge in [-0.25, -0.2) is 15.0 Å². The summed E-state index contributed by atoms with van der Waals surface area (Å²) >= 11 is 0. The smallest absolute Gasteiger partial charge is 0.280 e. The highest BCUT2D eigenvalue weighted by Crippen LogP contribution is 2.51. The minimum atomic E-state index is -0.262. The molecule has 6 rings (SSSR count). The first-order valence-electron chi connectivity index (χ1n) is 12.6. The molecule has 4 heterocycles. The van der Waals surface area contributed by atoms with Crippen LogP contribution < -0.4 is 27.0 Å². The van der Waals surface area contributed by atoms with Gasteiger partial charge in [-0.3, -0.25) is 4.79 Å². The second-order valence-electron chi connectivity index (χ2n) is 10.5. The summed E-state index contributed by atoms with van der Waals surface area (Å²) in [6.07, 6.45) is 3.63. The van der Waals surface area contributed by atoms with Crippen LogP contribution in [0, 0.1) is 19.3 Å². The fourth-order valence-electron chi connectivity index (χ4n) is 6.23. The molecule has 9 heteroatoms. The quantitative estimate of drug-likeness (QED) is 0.504. The van der Waals surface area contributed by atoms with Gasteiger partial charge in [0.05, 0.1) is 17.1 Å². The molecule has 36 heavy (non-hydrogen) atoms. The number of piperidine rings is 1. The maximum absolute atomic E-state index is 13.3. The first kappa shape index (κ1) is 22.7. The van der Waals surface area contributed by atoms with Gasteiger partial charge in [-0.1, -0.05) is 23.8 Å². The van der Waals surface area contributed by atoms with E-state index in [1.807, 2.05) is 13.0 Å². The number of carbonyl (C=O) groups is 1. The molecule has 9 nitrogen and oxygen atoms in total. The molecule has 1 fully saturated rings. The lowest BCUT2D eigenvalue weighted by Crippen LogP contribution is -2.45. The Morgan fingerprint density at radius 2 is 1.81 bits per heavy atom. The zero-order valence-corrected chi connectivity index (χ0v) is 20.8. The van der Waals surface area contributed by atoms with Crippen LogP contribution in [-0.4, -0.2) is 40.5 Å². The number of nitrogens with zero attached hydrogens (tertiary/aromatic N) is 5. The van der Waals surface area contributed by atoms with Crippen LogP contribution in [0.2, 0.25) is 0 Å². The summed E-state index contributed by atoms with van der Waals surface area (Å²) in [6.45, 7) is 6.19. The van der Waals surface area contributed by atoms with E-state index >= 15 is 0 Å². The van der Waals surface area contributed by atoms with Crippen LogP contribution in [0.25, 0.3) is 0 Å². The highest BCUT2D eigenvalue weighted by molar-refractivity contribution is 6.08. The van der Waals surface area contributed by atoms with E-state index in [0.29, 0.717) is 24.5 Å². The molecule has 1 spiro atoms. The number of benzene rings is 1. The van der Waals surface area contributed by atoms with Crippen molar-refractivity contribution < 1.29 is 4.79 Å². The van der Waals surface area contributed by atoms with Gasteiger partial charge in [-0.05, 0) is 61.8 Å². The average molecular weight is 485 g/mol. The second kappa shape index (κ2) is 8.16. The molecule has 1 saturated heterocycles. The van der Waals surface area contributed by atoms with Gasteiger partial charge in [0, 0.05) is 32.1 Å². The molecule has 1 aromatic carbocycles. The lowest BCUT2D eigenvalue weighted by molar-refractivity contribution is 0.0985. The molecule has 1 amide bonds. The molecule has 3 aliphatic rings. The average Bonchev–Trinajstić information content (AvgIpc) is 3.39. The van der Waals surface area contributed by atoms with Gasteiger partial charge in [-0.2, -0.15) is 0 Å². The molecule has 6 N–H and O–H groups in total. The third-order valence-corrected chi connectivity index (χ3v) is 8.25. The fraction of sp³-hybridized carbons (Fsp3) is 0.407. The van der Waals surface area contributed by atoms with E-state index in [-0.39, 0.29) is 28.9 Å². The van der Waals surface area contributed by atoms with Crippen molar-refractivity contribution in [1.29, 1.82) is 0 Å². The Labute approximate surface area is 210 Å². The fourth-order valence-corrected chi connectivity index (χ4v) is 6.23. The summed E-state index contributed by atoms with van der Waals surface area (Å²) in [5, 5.41) is 0. The van der Waals surface area contributed by atoms with Gasteiger partial charge in [0.2, 0.25) is 0 Å². The Hall–Kier alpha value is -3.72. The predicted octanol–water partition coefficient (Wildman–Crippen LogP) is 2.70. The summed E-state index contributed by atoms with van der Waals surface area (Å²) in [6, 6.07) is 10.2. The number of nitrogen functional groups attached to an aromatic ring is 2. The minimum absolute atomic E-state index is 0.0555. The standard InChI is InChI=1S/C27H32N8O/c1-15-3-4-17-14-27(23(29)18(17)13-15)8-11-34(12-9-27)25-16(2)31-22(24(30)33-25)26(36)35-10-7-19-20(35)5-6-21(28)32-19/h3-6,13,23H,7-12,14,29H2,1-2H3,(H2,28,32)(H2,30,33)/t23-/m1/s1. The van der Waals surface area contributed by atoms with E-state index in [0.717, 1.165) is 49.6 Å². The highest BCUT2D eigenvalue weighted by Gasteiger charge is 2.46. The van der Waals surface area contributed by atoms with Crippen LogP contribution in [0.1, 0.15) is 57.5 Å². The molecular formula is C27H32N8O. The van der Waals surface area contributed by atoms with Gasteiger partial charge < -0.3 is 27.0 Å². The molecule has 2 aromatic heterocycles. The van der Waals surface area contributed by atoms with E-state index in [9.17, 15) is 4.79 Å². The topological polar surface area (TPSA) is 140 Å². The van der Waals surface area contributed by atoms with Crippen LogP contribution in [0.4, 0.5) is 23.1 Å². The zero-order valence-electron chi connectivity index (χ0n) is 20.8. The van der Waals surface area contributed by atoms with Crippen molar-refractivity contribution >= 4 is 29.0 Å². The number of hydrogen-bond donors (Lipinski definition) is 3. The van der Waals surface area contributed by atoms with Crippen molar-refractivity contribution in [3.63, 3.8) is 0 Å². The van der Waals surface area contributed by atoms with Gasteiger partial charge >= 0.3 is 0 Å². The first-order chi connectivity index (χ1) is 17.3. The Morgan fingerprint density at radius 1 is 1.03 bits per heavy atom. The number of carbonyl (C=O) groups excluding carboxylic acids is 1. The first-order valence-corrected chi connectivity index (χ1v) is 12.6. The van der Waals surface area contributed by atoms with Crippen molar-refractivity contribution in [2.75, 3.05) is 40.9 Å². The number of amides is 1. The van der Waals surface area contributed by atoms with Crippen LogP contribution in [0.15, 0.2) is 30.3 Å². The zero-order chi connectivity index (χ0) is 25.2. The third-order valence-electron chi connectivity index (χ3n) is 8.25. The highest BCUT2D eigenvalue weighted by atomic mass is 16.2. The second-order valence-corrected chi connectivity index (χ2v) is 10.5. The Morgan fingerprint density at radius 3 is 2.58 bits per heavy atom. The van der Waals surface area contributed by atoms with Gasteiger partial charge in [0.25, 0.3) is 5.91 Å². The molecule has 0 unspecified atom stereocenters. The maximum Gasteiger partial charge on any atom is 0.280 e. The number of nitrogens with two attached hydrogens (primary N) is 3. The van der Waals surface area contributed by atoms with Gasteiger partial charge in [-0.15, -0.1) is 0 Å². The van der Waals surface area contributed by atoms with E-state index in [1.165, 1.54) is 16.7 Å². The Bertz CT molecular complexity index is 1380. The number of rotatable bonds is 2. The van der Waals surface area contributed by atoms with Crippen molar-refractivity contribution in [3.05, 3.63) is 64.1 Å². The number of hydrogen-bond acceptors (Lipinski definition) is 8. The Balaban J connectivity index is 1.20. The van der Waals surface area contributed by atoms with Crippen molar-refractivity contribution in [1.82, 2.24) is 15.0 Å². The van der Waals surface area contributed by atoms with Crippen LogP contribution in [-0.2, 0) is 12.8 Å². The molecule has 186 valence electrons. The third kappa shape index (κ3) is 3.49. The van der Waals surface area contributed by atoms with Crippen LogP contribution in [0.5, 0.6) is 0 Å². The van der Waals surface area contributed by atoms with E-state index in [1.54, 1.807) is 11.0 Å². The van der Waals surface area contributed by atoms with Crippen molar-refractivity contribution in [2.45, 2.75) is 45.6 Å².